The number of aromatic hydroxyl groups is 7. The van der Waals surface area contributed by atoms with Crippen LogP contribution in [-0.4, -0.2) is 54.3 Å². The second-order valence-corrected chi connectivity index (χ2v) is 40.7. The van der Waals surface area contributed by atoms with E-state index in [2.05, 4.69) is 131 Å². The highest BCUT2D eigenvalue weighted by molar-refractivity contribution is 5.52. The molecule has 6 fully saturated rings. The monoisotopic (exact) mass is 1910 g/mol. The molecule has 0 aliphatic heterocycles. The van der Waals surface area contributed by atoms with Crippen molar-refractivity contribution in [3.8, 4) is 40.2 Å². The number of hydrogen-bond acceptors (Lipinski definition) is 7. The van der Waals surface area contributed by atoms with E-state index in [9.17, 15) is 84.0 Å². The molecule has 18 rings (SSSR count). The fraction of sp³-hybridized carbons (Fsp3) is 0.405. The fourth-order valence-electron chi connectivity index (χ4n) is 23.5. The zero-order valence-corrected chi connectivity index (χ0v) is 81.0. The number of rotatable bonds is 13. The van der Waals surface area contributed by atoms with E-state index in [1.54, 1.807) is 97.9 Å². The summed E-state index contributed by atoms with van der Waals surface area (Å²) in [5.41, 5.74) is 16.5. The number of phenols is 7. The Morgan fingerprint density at radius 1 is 0.237 bits per heavy atom. The van der Waals surface area contributed by atoms with Crippen molar-refractivity contribution in [1.82, 2.24) is 0 Å². The maximum absolute atomic E-state index is 14.4. The molecule has 738 valence electrons. The Morgan fingerprint density at radius 3 is 0.842 bits per heavy atom. The topological polar surface area (TPSA) is 142 Å². The minimum absolute atomic E-state index is 0.0212. The minimum atomic E-state index is -4.21. The van der Waals surface area contributed by atoms with Crippen molar-refractivity contribution in [2.75, 3.05) is 0 Å². The zero-order chi connectivity index (χ0) is 99.7. The van der Waals surface area contributed by atoms with Gasteiger partial charge in [0.05, 0.1) is 17.8 Å². The fourth-order valence-corrected chi connectivity index (χ4v) is 23.5. The molecule has 0 saturated heterocycles. The van der Waals surface area contributed by atoms with Gasteiger partial charge in [-0.05, 0) is 332 Å². The largest absolute Gasteiger partial charge is 0.508 e. The van der Waals surface area contributed by atoms with Crippen molar-refractivity contribution >= 4 is 0 Å². The van der Waals surface area contributed by atoms with Gasteiger partial charge in [0.25, 0.3) is 0 Å². The van der Waals surface area contributed by atoms with Crippen LogP contribution in [0.3, 0.4) is 0 Å². The van der Waals surface area contributed by atoms with Crippen LogP contribution in [0.4, 0.5) is 48.3 Å². The molecule has 0 aromatic heterocycles. The lowest BCUT2D eigenvalue weighted by Gasteiger charge is -2.42. The molecule has 7 N–H and O–H groups in total. The first-order valence-electron chi connectivity index (χ1n) is 49.7. The van der Waals surface area contributed by atoms with Gasteiger partial charge in [-0.15, -0.1) is 0 Å². The van der Waals surface area contributed by atoms with Crippen LogP contribution in [0, 0.1) is 75.8 Å². The molecule has 6 aliphatic carbocycles. The van der Waals surface area contributed by atoms with Crippen molar-refractivity contribution in [2.45, 2.75) is 279 Å². The van der Waals surface area contributed by atoms with Crippen molar-refractivity contribution in [3.63, 3.8) is 0 Å². The van der Waals surface area contributed by atoms with E-state index in [-0.39, 0.29) is 102 Å². The van der Waals surface area contributed by atoms with Crippen LogP contribution in [0.2, 0.25) is 0 Å². The van der Waals surface area contributed by atoms with E-state index in [4.69, 9.17) is 0 Å². The predicted molar refractivity (Wildman–Crippen MR) is 533 cm³/mol. The van der Waals surface area contributed by atoms with Crippen molar-refractivity contribution < 1.29 is 84.0 Å². The van der Waals surface area contributed by atoms with Gasteiger partial charge in [0.2, 0.25) is 0 Å². The number of phenolic OH excluding ortho intramolecular Hbond substituents is 7. The van der Waals surface area contributed by atoms with Crippen molar-refractivity contribution in [2.24, 2.45) is 29.6 Å². The van der Waals surface area contributed by atoms with Crippen molar-refractivity contribution in [1.29, 1.82) is 0 Å². The summed E-state index contributed by atoms with van der Waals surface area (Å²) < 4.78 is 146. The molecule has 18 heteroatoms. The molecule has 0 radical (unpaired) electrons. The van der Waals surface area contributed by atoms with Gasteiger partial charge in [0.15, 0.2) is 11.5 Å². The molecule has 0 atom stereocenters. The Kier molecular flexibility index (Phi) is 34.2. The average Bonchev–Trinajstić information content (AvgIpc) is 1.23. The van der Waals surface area contributed by atoms with E-state index < -0.39 is 58.3 Å². The molecular weight excluding hydrogens is 1770 g/mol. The Balaban J connectivity index is 0.000000141. The third kappa shape index (κ3) is 24.9. The molecule has 12 aromatic rings. The number of benzene rings is 12. The molecule has 0 amide bonds. The van der Waals surface area contributed by atoms with Gasteiger partial charge in [0, 0.05) is 32.5 Å². The molecular formula is C121H135F11O7. The molecule has 0 heterocycles. The van der Waals surface area contributed by atoms with E-state index in [1.165, 1.54) is 153 Å². The molecule has 0 bridgehead atoms. The highest BCUT2D eigenvalue weighted by Gasteiger charge is 2.52. The highest BCUT2D eigenvalue weighted by Crippen LogP contribution is 2.57. The Bertz CT molecular complexity index is 5920. The maximum atomic E-state index is 14.4. The second-order valence-electron chi connectivity index (χ2n) is 40.7. The first-order chi connectivity index (χ1) is 66.2. The van der Waals surface area contributed by atoms with Crippen LogP contribution in [0.15, 0.2) is 279 Å². The summed E-state index contributed by atoms with van der Waals surface area (Å²) in [6.07, 6.45) is 9.64. The Hall–Kier alpha value is -11.5. The van der Waals surface area contributed by atoms with Gasteiger partial charge in [-0.1, -0.05) is 282 Å². The van der Waals surface area contributed by atoms with Crippen LogP contribution < -0.4 is 0 Å². The lowest BCUT2D eigenvalue weighted by Crippen LogP contribution is -2.38. The van der Waals surface area contributed by atoms with Crippen LogP contribution >= 0.6 is 0 Å². The Labute approximate surface area is 813 Å². The van der Waals surface area contributed by atoms with Gasteiger partial charge < -0.3 is 35.7 Å². The summed E-state index contributed by atoms with van der Waals surface area (Å²) in [5, 5.41) is 67.7. The first-order valence-corrected chi connectivity index (χ1v) is 49.7. The van der Waals surface area contributed by atoms with Crippen LogP contribution in [-0.2, 0) is 32.5 Å². The Morgan fingerprint density at radius 2 is 0.511 bits per heavy atom. The molecule has 139 heavy (non-hydrogen) atoms. The van der Waals surface area contributed by atoms with E-state index in [1.807, 2.05) is 74.5 Å². The zero-order valence-electron chi connectivity index (χ0n) is 81.0. The van der Waals surface area contributed by atoms with Crippen LogP contribution in [0.5, 0.6) is 40.2 Å². The summed E-state index contributed by atoms with van der Waals surface area (Å²) >= 11 is 0. The summed E-state index contributed by atoms with van der Waals surface area (Å²) in [5.74, 6) is -1.93. The number of alkyl halides is 9. The molecule has 0 unspecified atom stereocenters. The van der Waals surface area contributed by atoms with E-state index in [0.717, 1.165) is 69.2 Å². The van der Waals surface area contributed by atoms with Crippen LogP contribution in [0.25, 0.3) is 0 Å². The third-order valence-electron chi connectivity index (χ3n) is 31.7. The predicted octanol–water partition coefficient (Wildman–Crippen LogP) is 33.4. The van der Waals surface area contributed by atoms with E-state index >= 15 is 0 Å². The van der Waals surface area contributed by atoms with Crippen molar-refractivity contribution in [3.05, 3.63) is 385 Å². The highest BCUT2D eigenvalue weighted by atomic mass is 19.4. The van der Waals surface area contributed by atoms with Gasteiger partial charge in [0.1, 0.15) is 40.4 Å². The summed E-state index contributed by atoms with van der Waals surface area (Å²) in [6.45, 7) is 14.7. The molecule has 0 spiro atoms. The molecule has 12 aromatic carbocycles. The molecule has 7 nitrogen and oxygen atoms in total. The quantitative estimate of drug-likeness (QED) is 0.0346. The smallest absolute Gasteiger partial charge is 0.391 e. The van der Waals surface area contributed by atoms with Gasteiger partial charge >= 0.3 is 18.5 Å². The average molecular weight is 1910 g/mol. The number of halogens is 11. The SMILES string of the molecule is Cc1cc(C2(c3ccc(O)cc3)CCC(C(F)(F)F)CC2)ccc1F.Cc1cccc(C2(c3ccc(O)c(C)c3)CCCCCC2)c1.Cc1cccc(C2(c3ccc(O)cc3)CCC(C(C)C)CC2)c1.Cc1cccc(C2(c3ccc(O)cc3)CCC(C(F)(F)F)CC2)c1.Oc1ccc(C2(c3ccccc3)CCCCCC2)cc1O.Oc1ccc(C2(c3ccccc3F)CCC(C(F)(F)F)CC2)cc1. The lowest BCUT2D eigenvalue weighted by atomic mass is 9.61. The van der Waals surface area contributed by atoms with Gasteiger partial charge in [-0.3, -0.25) is 0 Å². The first kappa shape index (κ1) is 105. The van der Waals surface area contributed by atoms with Gasteiger partial charge in [-0.25, -0.2) is 8.78 Å². The lowest BCUT2D eigenvalue weighted by molar-refractivity contribution is -0.184. The standard InChI is InChI=1S/C22H28O.C21H26O.C20H20F4O.C20H21F3O.C19H18F4O.C19H22O2/c1-16(2)18-11-13-22(14-12-18,19-7-9-21(23)10-8-19)20-6-4-5-17(3)15-20;1-16-8-7-9-18(14-16)21(12-5-3-4-6-13-21)19-10-11-20(22)17(2)15-19;1-13-12-16(4-7-18(13)21)19(14-2-5-17(25)6-3-14)10-8-15(9-11-19)20(22,23)24;1-14-3-2-4-17(13-14)19(15-5-7-18(24)8-6-15)11-9-16(10-12-19)20(21,22)23;20-17-4-2-1-3-16(17)18(13-5-7-15(24)8-6-13)11-9-14(10-12-18)19(21,22)23;20-17-11-10-16(14-18(17)21)19(12-6-1-2-7-13-19)15-8-4-3-5-9-15/h4-10,15-16,18,23H,11-14H2,1-3H3;7-11,14-15,22H,3-6,12-13H2,1-2H3;2-7,12,15,25H,8-11H2,1H3;2-8,13,16,24H,9-12H2,1H3;1-8,14,24H,9-12H2;3-5,8-11,14,20-21H,1-2,6-7,12-13H2. The second kappa shape index (κ2) is 45.4. The number of aryl methyl sites for hydroxylation is 5. The van der Waals surface area contributed by atoms with E-state index in [0.29, 0.717) is 48.3 Å². The minimum Gasteiger partial charge on any atom is -0.508 e. The summed E-state index contributed by atoms with van der Waals surface area (Å²) in [7, 11) is 0. The molecule has 6 saturated carbocycles. The third-order valence-corrected chi connectivity index (χ3v) is 31.7. The summed E-state index contributed by atoms with van der Waals surface area (Å²) in [4.78, 5) is 0. The number of hydrogen-bond donors (Lipinski definition) is 7. The van der Waals surface area contributed by atoms with Crippen LogP contribution in [0.1, 0.15) is 288 Å². The van der Waals surface area contributed by atoms with Gasteiger partial charge in [-0.2, -0.15) is 39.5 Å². The normalized spacial score (nSPS) is 22.6. The maximum Gasteiger partial charge on any atom is 0.391 e. The molecule has 6 aliphatic rings. The summed E-state index contributed by atoms with van der Waals surface area (Å²) in [6, 6.07) is 86.9.